The average molecular weight is 389 g/mol. The molecule has 0 unspecified atom stereocenters. The molecule has 0 radical (unpaired) electrons. The van der Waals surface area contributed by atoms with Gasteiger partial charge in [-0.2, -0.15) is 5.10 Å². The summed E-state index contributed by atoms with van der Waals surface area (Å²) in [4.78, 5) is 13.9. The lowest BCUT2D eigenvalue weighted by molar-refractivity contribution is 0.0506. The summed E-state index contributed by atoms with van der Waals surface area (Å²) in [7, 11) is 0. The molecule has 1 aromatic carbocycles. The standard InChI is InChI=1S/C16H18Cl2N2O3S/c1-3-13-15(24-12-8-10(17)7-11(18)9-12)14(16(22)23-4-2)20(19-13)5-6-21/h7-9,21H,3-6H2,1-2H3. The van der Waals surface area contributed by atoms with Gasteiger partial charge in [0.15, 0.2) is 5.69 Å². The van der Waals surface area contributed by atoms with Crippen molar-refractivity contribution in [3.8, 4) is 0 Å². The first kappa shape index (κ1) is 19.1. The first-order valence-corrected chi connectivity index (χ1v) is 9.09. The van der Waals surface area contributed by atoms with Crippen molar-refractivity contribution in [2.24, 2.45) is 0 Å². The molecule has 0 aliphatic rings. The summed E-state index contributed by atoms with van der Waals surface area (Å²) in [6.45, 7) is 4.06. The minimum Gasteiger partial charge on any atom is -0.461 e. The molecule has 5 nitrogen and oxygen atoms in total. The van der Waals surface area contributed by atoms with E-state index < -0.39 is 5.97 Å². The Bertz CT molecular complexity index is 714. The number of aliphatic hydroxyl groups excluding tert-OH is 1. The number of esters is 1. The topological polar surface area (TPSA) is 64.3 Å². The van der Waals surface area contributed by atoms with Crippen molar-refractivity contribution in [1.82, 2.24) is 9.78 Å². The summed E-state index contributed by atoms with van der Waals surface area (Å²) >= 11 is 13.5. The molecule has 0 spiro atoms. The van der Waals surface area contributed by atoms with Gasteiger partial charge >= 0.3 is 5.97 Å². The van der Waals surface area contributed by atoms with Gasteiger partial charge < -0.3 is 9.84 Å². The zero-order valence-corrected chi connectivity index (χ0v) is 15.7. The van der Waals surface area contributed by atoms with Crippen molar-refractivity contribution in [3.63, 3.8) is 0 Å². The van der Waals surface area contributed by atoms with Crippen LogP contribution in [0.15, 0.2) is 28.0 Å². The fraction of sp³-hybridized carbons (Fsp3) is 0.375. The molecular weight excluding hydrogens is 371 g/mol. The van der Waals surface area contributed by atoms with Crippen LogP contribution in [0.2, 0.25) is 10.0 Å². The number of nitrogens with zero attached hydrogens (tertiary/aromatic N) is 2. The lowest BCUT2D eigenvalue weighted by Crippen LogP contribution is -2.15. The van der Waals surface area contributed by atoms with Crippen molar-refractivity contribution in [3.05, 3.63) is 39.6 Å². The van der Waals surface area contributed by atoms with Gasteiger partial charge in [0, 0.05) is 14.9 Å². The summed E-state index contributed by atoms with van der Waals surface area (Å²) < 4.78 is 6.64. The molecule has 0 bridgehead atoms. The molecule has 0 fully saturated rings. The monoisotopic (exact) mass is 388 g/mol. The van der Waals surface area contributed by atoms with Crippen LogP contribution >= 0.6 is 35.0 Å². The van der Waals surface area contributed by atoms with Crippen LogP contribution in [0.5, 0.6) is 0 Å². The molecule has 130 valence electrons. The van der Waals surface area contributed by atoms with Crippen LogP contribution in [-0.4, -0.2) is 34.1 Å². The molecule has 0 aliphatic heterocycles. The van der Waals surface area contributed by atoms with Crippen LogP contribution in [0.25, 0.3) is 0 Å². The Balaban J connectivity index is 2.51. The highest BCUT2D eigenvalue weighted by atomic mass is 35.5. The van der Waals surface area contributed by atoms with Crippen LogP contribution in [-0.2, 0) is 17.7 Å². The quantitative estimate of drug-likeness (QED) is 0.724. The summed E-state index contributed by atoms with van der Waals surface area (Å²) in [6.07, 6.45) is 0.640. The lowest BCUT2D eigenvalue weighted by Gasteiger charge is -2.08. The van der Waals surface area contributed by atoms with E-state index in [-0.39, 0.29) is 19.8 Å². The van der Waals surface area contributed by atoms with E-state index >= 15 is 0 Å². The van der Waals surface area contributed by atoms with E-state index in [2.05, 4.69) is 5.10 Å². The Morgan fingerprint density at radius 3 is 2.50 bits per heavy atom. The second-order valence-electron chi connectivity index (χ2n) is 4.85. The molecule has 0 amide bonds. The number of halogens is 2. The van der Waals surface area contributed by atoms with Crippen LogP contribution in [0, 0.1) is 0 Å². The predicted octanol–water partition coefficient (Wildman–Crippen LogP) is 4.07. The van der Waals surface area contributed by atoms with Crippen molar-refractivity contribution < 1.29 is 14.6 Å². The summed E-state index contributed by atoms with van der Waals surface area (Å²) in [6, 6.07) is 5.20. The SMILES string of the molecule is CCOC(=O)c1c(Sc2cc(Cl)cc(Cl)c2)c(CC)nn1CCO. The molecule has 0 saturated heterocycles. The number of aliphatic hydroxyl groups is 1. The summed E-state index contributed by atoms with van der Waals surface area (Å²) in [5.74, 6) is -0.464. The average Bonchev–Trinajstić information content (AvgIpc) is 2.84. The molecule has 2 rings (SSSR count). The van der Waals surface area contributed by atoms with E-state index in [1.807, 2.05) is 6.92 Å². The van der Waals surface area contributed by atoms with Crippen molar-refractivity contribution >= 4 is 40.9 Å². The molecule has 2 aromatic rings. The minimum atomic E-state index is -0.464. The molecule has 1 aromatic heterocycles. The van der Waals surface area contributed by atoms with Crippen LogP contribution in [0.4, 0.5) is 0 Å². The second kappa shape index (κ2) is 8.76. The lowest BCUT2D eigenvalue weighted by atomic mass is 10.3. The van der Waals surface area contributed by atoms with Gasteiger partial charge in [0.05, 0.1) is 30.3 Å². The maximum Gasteiger partial charge on any atom is 0.357 e. The number of aromatic nitrogens is 2. The number of aryl methyl sites for hydroxylation is 1. The number of ether oxygens (including phenoxy) is 1. The highest BCUT2D eigenvalue weighted by Gasteiger charge is 2.24. The van der Waals surface area contributed by atoms with Gasteiger partial charge in [-0.3, -0.25) is 4.68 Å². The fourth-order valence-corrected chi connectivity index (χ4v) is 4.04. The number of rotatable bonds is 7. The minimum absolute atomic E-state index is 0.121. The van der Waals surface area contributed by atoms with E-state index in [0.29, 0.717) is 27.1 Å². The van der Waals surface area contributed by atoms with Gasteiger partial charge in [-0.15, -0.1) is 0 Å². The Morgan fingerprint density at radius 1 is 1.29 bits per heavy atom. The Kier molecular flexibility index (Phi) is 6.98. The van der Waals surface area contributed by atoms with Crippen molar-refractivity contribution in [1.29, 1.82) is 0 Å². The maximum atomic E-state index is 12.4. The van der Waals surface area contributed by atoms with Gasteiger partial charge in [0.2, 0.25) is 0 Å². The third-order valence-electron chi connectivity index (χ3n) is 3.15. The second-order valence-corrected chi connectivity index (χ2v) is 6.81. The molecule has 0 atom stereocenters. The zero-order chi connectivity index (χ0) is 17.7. The molecular formula is C16H18Cl2N2O3S. The van der Waals surface area contributed by atoms with E-state index in [9.17, 15) is 9.90 Å². The Hall–Kier alpha value is -1.21. The highest BCUT2D eigenvalue weighted by Crippen LogP contribution is 2.36. The number of carbonyl (C=O) groups is 1. The van der Waals surface area contributed by atoms with Gasteiger partial charge in [-0.1, -0.05) is 41.9 Å². The number of benzene rings is 1. The van der Waals surface area contributed by atoms with Crippen molar-refractivity contribution in [2.75, 3.05) is 13.2 Å². The zero-order valence-electron chi connectivity index (χ0n) is 13.4. The Labute approximate surface area is 154 Å². The van der Waals surface area contributed by atoms with Crippen molar-refractivity contribution in [2.45, 2.75) is 36.6 Å². The van der Waals surface area contributed by atoms with E-state index in [4.69, 9.17) is 27.9 Å². The Morgan fingerprint density at radius 2 is 1.96 bits per heavy atom. The third-order valence-corrected chi connectivity index (χ3v) is 4.69. The fourth-order valence-electron chi connectivity index (χ4n) is 2.19. The predicted molar refractivity (Wildman–Crippen MR) is 95.2 cm³/mol. The molecule has 1 heterocycles. The molecule has 0 saturated carbocycles. The molecule has 1 N–H and O–H groups in total. The van der Waals surface area contributed by atoms with E-state index in [1.54, 1.807) is 25.1 Å². The van der Waals surface area contributed by atoms with E-state index in [1.165, 1.54) is 16.4 Å². The van der Waals surface area contributed by atoms with E-state index in [0.717, 1.165) is 10.6 Å². The number of carbonyl (C=O) groups excluding carboxylic acids is 1. The highest BCUT2D eigenvalue weighted by molar-refractivity contribution is 7.99. The first-order chi connectivity index (χ1) is 11.5. The van der Waals surface area contributed by atoms with Gasteiger partial charge in [-0.05, 0) is 31.5 Å². The summed E-state index contributed by atoms with van der Waals surface area (Å²) in [5, 5.41) is 14.7. The maximum absolute atomic E-state index is 12.4. The normalized spacial score (nSPS) is 10.9. The van der Waals surface area contributed by atoms with Crippen LogP contribution in [0.3, 0.4) is 0 Å². The van der Waals surface area contributed by atoms with Gasteiger partial charge in [0.25, 0.3) is 0 Å². The molecule has 8 heteroatoms. The first-order valence-electron chi connectivity index (χ1n) is 7.51. The number of hydrogen-bond donors (Lipinski definition) is 1. The molecule has 24 heavy (non-hydrogen) atoms. The van der Waals surface area contributed by atoms with Crippen LogP contribution < -0.4 is 0 Å². The summed E-state index contributed by atoms with van der Waals surface area (Å²) in [5.41, 5.74) is 1.09. The smallest absolute Gasteiger partial charge is 0.357 e. The van der Waals surface area contributed by atoms with Gasteiger partial charge in [-0.25, -0.2) is 4.79 Å². The largest absolute Gasteiger partial charge is 0.461 e. The molecule has 0 aliphatic carbocycles. The van der Waals surface area contributed by atoms with Gasteiger partial charge in [0.1, 0.15) is 0 Å². The third kappa shape index (κ3) is 4.45. The van der Waals surface area contributed by atoms with Crippen LogP contribution in [0.1, 0.15) is 30.0 Å². The number of hydrogen-bond acceptors (Lipinski definition) is 5.